The average Bonchev–Trinajstić information content (AvgIpc) is 2.74. The van der Waals surface area contributed by atoms with Crippen LogP contribution in [0.2, 0.25) is 0 Å². The number of nitrogens with one attached hydrogen (secondary N) is 1. The van der Waals surface area contributed by atoms with Crippen molar-refractivity contribution in [1.29, 1.82) is 0 Å². The first kappa shape index (κ1) is 11.4. The van der Waals surface area contributed by atoms with Crippen LogP contribution in [0.1, 0.15) is 20.3 Å². The monoisotopic (exact) mass is 211 g/mol. The third-order valence-corrected chi connectivity index (χ3v) is 3.95. The van der Waals surface area contributed by atoms with E-state index in [-0.39, 0.29) is 0 Å². The molecule has 3 nitrogen and oxygen atoms in total. The summed E-state index contributed by atoms with van der Waals surface area (Å²) in [5.74, 6) is 0.903. The molecule has 0 bridgehead atoms. The topological polar surface area (TPSA) is 18.5 Å². The summed E-state index contributed by atoms with van der Waals surface area (Å²) in [6, 6.07) is 0.749. The van der Waals surface area contributed by atoms with Gasteiger partial charge in [0.05, 0.1) is 0 Å². The molecule has 2 aliphatic heterocycles. The van der Waals surface area contributed by atoms with E-state index in [9.17, 15) is 0 Å². The Morgan fingerprint density at radius 3 is 2.80 bits per heavy atom. The number of hydrogen-bond donors (Lipinski definition) is 1. The fraction of sp³-hybridized carbons (Fsp3) is 1.00. The smallest absolute Gasteiger partial charge is 0.0195 e. The first-order chi connectivity index (χ1) is 7.29. The number of hydrogen-bond acceptors (Lipinski definition) is 3. The van der Waals surface area contributed by atoms with Crippen molar-refractivity contribution in [2.24, 2.45) is 5.92 Å². The van der Waals surface area contributed by atoms with E-state index in [0.29, 0.717) is 0 Å². The molecule has 15 heavy (non-hydrogen) atoms. The first-order valence-electron chi connectivity index (χ1n) is 6.46. The summed E-state index contributed by atoms with van der Waals surface area (Å²) < 4.78 is 0. The highest BCUT2D eigenvalue weighted by molar-refractivity contribution is 4.82. The zero-order valence-corrected chi connectivity index (χ0v) is 10.2. The van der Waals surface area contributed by atoms with Gasteiger partial charge < -0.3 is 10.2 Å². The van der Waals surface area contributed by atoms with Gasteiger partial charge in [0.1, 0.15) is 0 Å². The van der Waals surface area contributed by atoms with Gasteiger partial charge in [-0.1, -0.05) is 6.92 Å². The molecule has 0 aromatic carbocycles. The van der Waals surface area contributed by atoms with Crippen molar-refractivity contribution in [3.63, 3.8) is 0 Å². The van der Waals surface area contributed by atoms with E-state index in [1.165, 1.54) is 52.2 Å². The third kappa shape index (κ3) is 2.92. The normalized spacial score (nSPS) is 34.8. The highest BCUT2D eigenvalue weighted by atomic mass is 15.3. The SMILES string of the molecule is CCN1CCN(CC2CCNC2)C(C)C1. The van der Waals surface area contributed by atoms with Gasteiger partial charge in [0.25, 0.3) is 0 Å². The van der Waals surface area contributed by atoms with Crippen molar-refractivity contribution in [2.45, 2.75) is 26.3 Å². The predicted octanol–water partition coefficient (Wildman–Crippen LogP) is 0.622. The largest absolute Gasteiger partial charge is 0.316 e. The van der Waals surface area contributed by atoms with E-state index in [1.54, 1.807) is 0 Å². The Morgan fingerprint density at radius 2 is 2.20 bits per heavy atom. The van der Waals surface area contributed by atoms with E-state index in [2.05, 4.69) is 29.0 Å². The molecule has 2 saturated heterocycles. The minimum Gasteiger partial charge on any atom is -0.316 e. The number of likely N-dealkylation sites (N-methyl/N-ethyl adjacent to an activating group) is 1. The number of nitrogens with zero attached hydrogens (tertiary/aromatic N) is 2. The Morgan fingerprint density at radius 1 is 1.33 bits per heavy atom. The van der Waals surface area contributed by atoms with Gasteiger partial charge in [-0.2, -0.15) is 0 Å². The standard InChI is InChI=1S/C12H25N3/c1-3-14-6-7-15(11(2)9-14)10-12-4-5-13-8-12/h11-13H,3-10H2,1-2H3. The molecule has 2 aliphatic rings. The number of piperazine rings is 1. The minimum atomic E-state index is 0.749. The van der Waals surface area contributed by atoms with Gasteiger partial charge in [-0.05, 0) is 38.9 Å². The van der Waals surface area contributed by atoms with Crippen LogP contribution in [-0.2, 0) is 0 Å². The lowest BCUT2D eigenvalue weighted by Gasteiger charge is -2.40. The van der Waals surface area contributed by atoms with Crippen LogP contribution >= 0.6 is 0 Å². The zero-order chi connectivity index (χ0) is 10.7. The number of rotatable bonds is 3. The quantitative estimate of drug-likeness (QED) is 0.738. The van der Waals surface area contributed by atoms with Crippen LogP contribution in [-0.4, -0.2) is 61.7 Å². The second-order valence-electron chi connectivity index (χ2n) is 5.10. The molecule has 88 valence electrons. The Kier molecular flexibility index (Phi) is 4.00. The molecule has 0 saturated carbocycles. The van der Waals surface area contributed by atoms with Gasteiger partial charge in [-0.3, -0.25) is 4.90 Å². The van der Waals surface area contributed by atoms with E-state index >= 15 is 0 Å². The van der Waals surface area contributed by atoms with Crippen molar-refractivity contribution >= 4 is 0 Å². The minimum absolute atomic E-state index is 0.749. The molecule has 0 aliphatic carbocycles. The summed E-state index contributed by atoms with van der Waals surface area (Å²) in [6.07, 6.45) is 1.38. The maximum atomic E-state index is 3.46. The molecule has 0 aromatic heterocycles. The Hall–Kier alpha value is -0.120. The summed E-state index contributed by atoms with van der Waals surface area (Å²) in [6.45, 7) is 13.4. The second-order valence-corrected chi connectivity index (χ2v) is 5.10. The summed E-state index contributed by atoms with van der Waals surface area (Å²) in [5, 5.41) is 3.46. The Balaban J connectivity index is 1.77. The van der Waals surface area contributed by atoms with Crippen LogP contribution < -0.4 is 5.32 Å². The molecule has 3 heteroatoms. The molecule has 0 amide bonds. The molecular weight excluding hydrogens is 186 g/mol. The molecule has 2 fully saturated rings. The van der Waals surface area contributed by atoms with Gasteiger partial charge in [-0.15, -0.1) is 0 Å². The van der Waals surface area contributed by atoms with Crippen LogP contribution in [0.25, 0.3) is 0 Å². The second kappa shape index (κ2) is 5.28. The lowest BCUT2D eigenvalue weighted by atomic mass is 10.1. The fourth-order valence-corrected chi connectivity index (χ4v) is 2.83. The molecular formula is C12H25N3. The summed E-state index contributed by atoms with van der Waals surface area (Å²) in [7, 11) is 0. The Labute approximate surface area is 93.8 Å². The van der Waals surface area contributed by atoms with Crippen molar-refractivity contribution in [2.75, 3.05) is 45.8 Å². The van der Waals surface area contributed by atoms with Crippen molar-refractivity contribution in [3.8, 4) is 0 Å². The van der Waals surface area contributed by atoms with Crippen LogP contribution in [0, 0.1) is 5.92 Å². The van der Waals surface area contributed by atoms with Crippen molar-refractivity contribution < 1.29 is 0 Å². The van der Waals surface area contributed by atoms with E-state index in [4.69, 9.17) is 0 Å². The lowest BCUT2D eigenvalue weighted by Crippen LogP contribution is -2.52. The van der Waals surface area contributed by atoms with Gasteiger partial charge in [0.15, 0.2) is 0 Å². The maximum Gasteiger partial charge on any atom is 0.0195 e. The molecule has 2 atom stereocenters. The fourth-order valence-electron chi connectivity index (χ4n) is 2.83. The van der Waals surface area contributed by atoms with E-state index in [1.807, 2.05) is 0 Å². The molecule has 2 rings (SSSR count). The highest BCUT2D eigenvalue weighted by Crippen LogP contribution is 2.15. The lowest BCUT2D eigenvalue weighted by molar-refractivity contribution is 0.0758. The average molecular weight is 211 g/mol. The molecule has 2 heterocycles. The first-order valence-corrected chi connectivity index (χ1v) is 6.46. The van der Waals surface area contributed by atoms with Gasteiger partial charge in [0.2, 0.25) is 0 Å². The molecule has 0 aromatic rings. The van der Waals surface area contributed by atoms with Crippen molar-refractivity contribution in [3.05, 3.63) is 0 Å². The van der Waals surface area contributed by atoms with E-state index < -0.39 is 0 Å². The highest BCUT2D eigenvalue weighted by Gasteiger charge is 2.25. The molecule has 1 N–H and O–H groups in total. The summed E-state index contributed by atoms with van der Waals surface area (Å²) >= 11 is 0. The summed E-state index contributed by atoms with van der Waals surface area (Å²) in [5.41, 5.74) is 0. The van der Waals surface area contributed by atoms with Crippen molar-refractivity contribution in [1.82, 2.24) is 15.1 Å². The molecule has 0 radical (unpaired) electrons. The molecule has 0 spiro atoms. The van der Waals surface area contributed by atoms with Crippen LogP contribution in [0.3, 0.4) is 0 Å². The van der Waals surface area contributed by atoms with Crippen LogP contribution in [0.15, 0.2) is 0 Å². The van der Waals surface area contributed by atoms with Crippen LogP contribution in [0.5, 0.6) is 0 Å². The van der Waals surface area contributed by atoms with Crippen LogP contribution in [0.4, 0.5) is 0 Å². The van der Waals surface area contributed by atoms with Gasteiger partial charge in [-0.25, -0.2) is 0 Å². The van der Waals surface area contributed by atoms with Gasteiger partial charge in [0, 0.05) is 32.2 Å². The van der Waals surface area contributed by atoms with E-state index in [0.717, 1.165) is 12.0 Å². The maximum absolute atomic E-state index is 3.46. The molecule has 2 unspecified atom stereocenters. The van der Waals surface area contributed by atoms with Gasteiger partial charge >= 0.3 is 0 Å². The third-order valence-electron chi connectivity index (χ3n) is 3.95. The summed E-state index contributed by atoms with van der Waals surface area (Å²) in [4.78, 5) is 5.25. The Bertz CT molecular complexity index is 189. The predicted molar refractivity (Wildman–Crippen MR) is 64.1 cm³/mol. The zero-order valence-electron chi connectivity index (χ0n) is 10.2.